The molecule has 1 atom stereocenters. The van der Waals surface area contributed by atoms with Crippen molar-refractivity contribution in [2.75, 3.05) is 0 Å². The summed E-state index contributed by atoms with van der Waals surface area (Å²) in [6.45, 7) is 6.48. The molecule has 0 radical (unpaired) electrons. The van der Waals surface area contributed by atoms with E-state index in [-0.39, 0.29) is 6.04 Å². The highest BCUT2D eigenvalue weighted by molar-refractivity contribution is 5.31. The van der Waals surface area contributed by atoms with Gasteiger partial charge in [-0.3, -0.25) is 0 Å². The molecule has 78 valence electrons. The van der Waals surface area contributed by atoms with Gasteiger partial charge in [0.15, 0.2) is 0 Å². The molecule has 0 amide bonds. The average molecular weight is 191 g/mol. The van der Waals surface area contributed by atoms with Crippen LogP contribution in [-0.2, 0) is 0 Å². The highest BCUT2D eigenvalue weighted by Crippen LogP contribution is 2.19. The first-order valence-corrected chi connectivity index (χ1v) is 5.48. The highest BCUT2D eigenvalue weighted by atomic mass is 14.6. The molecule has 0 saturated heterocycles. The van der Waals surface area contributed by atoms with E-state index in [0.717, 1.165) is 6.42 Å². The fourth-order valence-electron chi connectivity index (χ4n) is 1.59. The molecule has 0 aromatic heterocycles. The number of unbranched alkanes of at least 4 members (excludes halogenated alkanes) is 1. The monoisotopic (exact) mass is 191 g/mol. The zero-order valence-electron chi connectivity index (χ0n) is 9.51. The van der Waals surface area contributed by atoms with Crippen molar-refractivity contribution in [3.63, 3.8) is 0 Å². The number of rotatable bonds is 4. The zero-order chi connectivity index (χ0) is 10.6. The van der Waals surface area contributed by atoms with Gasteiger partial charge in [0.25, 0.3) is 0 Å². The Kier molecular flexibility index (Phi) is 4.15. The minimum Gasteiger partial charge on any atom is -0.324 e. The normalized spacial score (nSPS) is 12.9. The lowest BCUT2D eigenvalue weighted by Crippen LogP contribution is -2.10. The van der Waals surface area contributed by atoms with Gasteiger partial charge in [-0.1, -0.05) is 38.0 Å². The van der Waals surface area contributed by atoms with E-state index in [1.165, 1.54) is 29.5 Å². The molecule has 1 heteroatoms. The van der Waals surface area contributed by atoms with Crippen LogP contribution in [0.25, 0.3) is 0 Å². The molecule has 0 saturated carbocycles. The van der Waals surface area contributed by atoms with Crippen molar-refractivity contribution in [2.45, 2.75) is 46.1 Å². The summed E-state index contributed by atoms with van der Waals surface area (Å²) >= 11 is 0. The van der Waals surface area contributed by atoms with Crippen LogP contribution in [0.15, 0.2) is 18.2 Å². The largest absolute Gasteiger partial charge is 0.324 e. The van der Waals surface area contributed by atoms with E-state index in [1.54, 1.807) is 0 Å². The fourth-order valence-corrected chi connectivity index (χ4v) is 1.59. The summed E-state index contributed by atoms with van der Waals surface area (Å²) in [7, 11) is 0. The molecule has 14 heavy (non-hydrogen) atoms. The summed E-state index contributed by atoms with van der Waals surface area (Å²) in [5, 5.41) is 0. The van der Waals surface area contributed by atoms with Gasteiger partial charge in [-0.15, -0.1) is 0 Å². The van der Waals surface area contributed by atoms with Gasteiger partial charge in [0.2, 0.25) is 0 Å². The number of aryl methyl sites for hydroxylation is 2. The summed E-state index contributed by atoms with van der Waals surface area (Å²) in [5.74, 6) is 0. The Hall–Kier alpha value is -0.820. The first kappa shape index (κ1) is 11.3. The molecule has 0 heterocycles. The van der Waals surface area contributed by atoms with Crippen LogP contribution in [0.4, 0.5) is 0 Å². The Morgan fingerprint density at radius 1 is 1.21 bits per heavy atom. The van der Waals surface area contributed by atoms with Crippen molar-refractivity contribution < 1.29 is 0 Å². The molecule has 1 aromatic rings. The third kappa shape index (κ3) is 2.85. The van der Waals surface area contributed by atoms with Crippen LogP contribution in [-0.4, -0.2) is 0 Å². The maximum atomic E-state index is 6.10. The number of nitrogens with two attached hydrogens (primary N) is 1. The molecular weight excluding hydrogens is 170 g/mol. The molecule has 1 aromatic carbocycles. The summed E-state index contributed by atoms with van der Waals surface area (Å²) in [6.07, 6.45) is 3.53. The lowest BCUT2D eigenvalue weighted by Gasteiger charge is -2.13. The Morgan fingerprint density at radius 2 is 1.93 bits per heavy atom. The number of benzene rings is 1. The van der Waals surface area contributed by atoms with Crippen molar-refractivity contribution in [2.24, 2.45) is 5.73 Å². The van der Waals surface area contributed by atoms with Crippen LogP contribution in [0.5, 0.6) is 0 Å². The average Bonchev–Trinajstić information content (AvgIpc) is 2.18. The second kappa shape index (κ2) is 5.16. The van der Waals surface area contributed by atoms with E-state index >= 15 is 0 Å². The summed E-state index contributed by atoms with van der Waals surface area (Å²) in [4.78, 5) is 0. The fraction of sp³-hybridized carbons (Fsp3) is 0.538. The second-order valence-corrected chi connectivity index (χ2v) is 4.09. The van der Waals surface area contributed by atoms with Gasteiger partial charge < -0.3 is 5.73 Å². The van der Waals surface area contributed by atoms with Crippen molar-refractivity contribution in [3.05, 3.63) is 34.9 Å². The van der Waals surface area contributed by atoms with E-state index in [0.29, 0.717) is 0 Å². The molecule has 0 bridgehead atoms. The van der Waals surface area contributed by atoms with Crippen molar-refractivity contribution in [1.29, 1.82) is 0 Å². The topological polar surface area (TPSA) is 26.0 Å². The van der Waals surface area contributed by atoms with Crippen LogP contribution >= 0.6 is 0 Å². The van der Waals surface area contributed by atoms with Crippen molar-refractivity contribution >= 4 is 0 Å². The number of hydrogen-bond donors (Lipinski definition) is 1. The Morgan fingerprint density at radius 3 is 2.50 bits per heavy atom. The third-order valence-electron chi connectivity index (χ3n) is 2.83. The minimum atomic E-state index is 0.217. The van der Waals surface area contributed by atoms with E-state index < -0.39 is 0 Å². The Labute approximate surface area is 87.3 Å². The van der Waals surface area contributed by atoms with Crippen LogP contribution < -0.4 is 5.73 Å². The summed E-state index contributed by atoms with van der Waals surface area (Å²) in [6, 6.07) is 6.75. The quantitative estimate of drug-likeness (QED) is 0.774. The molecule has 1 rings (SSSR count). The lowest BCUT2D eigenvalue weighted by molar-refractivity contribution is 0.603. The van der Waals surface area contributed by atoms with Gasteiger partial charge in [0, 0.05) is 6.04 Å². The van der Waals surface area contributed by atoms with Crippen LogP contribution in [0, 0.1) is 13.8 Å². The molecule has 0 aliphatic carbocycles. The second-order valence-electron chi connectivity index (χ2n) is 4.09. The van der Waals surface area contributed by atoms with E-state index in [9.17, 15) is 0 Å². The predicted octanol–water partition coefficient (Wildman–Crippen LogP) is 3.49. The van der Waals surface area contributed by atoms with Crippen LogP contribution in [0.1, 0.15) is 48.9 Å². The molecule has 0 aliphatic heterocycles. The standard InChI is InChI=1S/C13H21N/c1-4-5-6-13(14)12-8-7-10(2)11(3)9-12/h7-9,13H,4-6,14H2,1-3H3/t13-/m0/s1. The van der Waals surface area contributed by atoms with E-state index in [1.807, 2.05) is 0 Å². The Bertz CT molecular complexity index is 291. The van der Waals surface area contributed by atoms with Gasteiger partial charge in [0.05, 0.1) is 0 Å². The van der Waals surface area contributed by atoms with Crippen LogP contribution in [0.3, 0.4) is 0 Å². The third-order valence-corrected chi connectivity index (χ3v) is 2.83. The molecule has 0 aliphatic rings. The summed E-state index contributed by atoms with van der Waals surface area (Å²) in [5.41, 5.74) is 10.1. The number of hydrogen-bond acceptors (Lipinski definition) is 1. The highest BCUT2D eigenvalue weighted by Gasteiger charge is 2.05. The van der Waals surface area contributed by atoms with Gasteiger partial charge in [-0.2, -0.15) is 0 Å². The molecule has 2 N–H and O–H groups in total. The van der Waals surface area contributed by atoms with Crippen LogP contribution in [0.2, 0.25) is 0 Å². The molecule has 1 nitrogen and oxygen atoms in total. The maximum absolute atomic E-state index is 6.10. The molecule has 0 spiro atoms. The van der Waals surface area contributed by atoms with Gasteiger partial charge in [-0.05, 0) is 37.0 Å². The van der Waals surface area contributed by atoms with Crippen molar-refractivity contribution in [1.82, 2.24) is 0 Å². The summed E-state index contributed by atoms with van der Waals surface area (Å²) < 4.78 is 0. The zero-order valence-corrected chi connectivity index (χ0v) is 9.51. The molecule has 0 unspecified atom stereocenters. The lowest BCUT2D eigenvalue weighted by atomic mass is 9.98. The minimum absolute atomic E-state index is 0.217. The Balaban J connectivity index is 2.70. The van der Waals surface area contributed by atoms with Gasteiger partial charge >= 0.3 is 0 Å². The van der Waals surface area contributed by atoms with E-state index in [2.05, 4.69) is 39.0 Å². The SMILES string of the molecule is CCCC[C@H](N)c1ccc(C)c(C)c1. The first-order valence-electron chi connectivity index (χ1n) is 5.48. The first-order chi connectivity index (χ1) is 6.65. The molecular formula is C13H21N. The maximum Gasteiger partial charge on any atom is 0.0294 e. The predicted molar refractivity (Wildman–Crippen MR) is 62.4 cm³/mol. The van der Waals surface area contributed by atoms with Crippen molar-refractivity contribution in [3.8, 4) is 0 Å². The smallest absolute Gasteiger partial charge is 0.0294 e. The van der Waals surface area contributed by atoms with Gasteiger partial charge in [0.1, 0.15) is 0 Å². The molecule has 0 fully saturated rings. The van der Waals surface area contributed by atoms with Gasteiger partial charge in [-0.25, -0.2) is 0 Å². The van der Waals surface area contributed by atoms with E-state index in [4.69, 9.17) is 5.73 Å².